The van der Waals surface area contributed by atoms with Gasteiger partial charge in [-0.2, -0.15) is 0 Å². The second kappa shape index (κ2) is 11.4. The molecule has 1 heterocycles. The Hall–Kier alpha value is -1.66. The molecule has 0 spiro atoms. The van der Waals surface area contributed by atoms with E-state index in [1.165, 1.54) is 21.1 Å². The molecule has 0 atom stereocenters. The van der Waals surface area contributed by atoms with Crippen molar-refractivity contribution >= 4 is 23.2 Å². The van der Waals surface area contributed by atoms with E-state index in [1.54, 1.807) is 0 Å². The molecular weight excluding hydrogens is 368 g/mol. The van der Waals surface area contributed by atoms with Gasteiger partial charge in [0.2, 0.25) is 0 Å². The fraction of sp³-hybridized carbons (Fsp3) is 0.435. The number of aliphatic hydroxyl groups excluding tert-OH is 1. The summed E-state index contributed by atoms with van der Waals surface area (Å²) in [4.78, 5) is 9.99. The highest BCUT2D eigenvalue weighted by Gasteiger charge is 2.17. The third-order valence-electron chi connectivity index (χ3n) is 4.75. The standard InChI is InChI=1S/C23H30N2O2S/c1-2-13-25(15-17-27-18-16-26)14-7-10-20-19-8-3-5-11-22(19)28-23-12-6-4-9-21(23)24-20/h3-6,8-9,11-12,26H,2,7,10,13-18H2,1H3. The van der Waals surface area contributed by atoms with E-state index in [4.69, 9.17) is 14.8 Å². The summed E-state index contributed by atoms with van der Waals surface area (Å²) in [5, 5.41) is 8.84. The van der Waals surface area contributed by atoms with Crippen LogP contribution in [0.4, 0.5) is 5.69 Å². The highest BCUT2D eigenvalue weighted by Crippen LogP contribution is 2.40. The van der Waals surface area contributed by atoms with Crippen molar-refractivity contribution in [2.45, 2.75) is 36.0 Å². The molecule has 1 N–H and O–H groups in total. The zero-order valence-electron chi connectivity index (χ0n) is 16.6. The molecule has 1 aliphatic rings. The van der Waals surface area contributed by atoms with Crippen LogP contribution in [-0.4, -0.2) is 55.2 Å². The number of para-hydroxylation sites is 1. The maximum absolute atomic E-state index is 8.84. The van der Waals surface area contributed by atoms with Crippen LogP contribution in [0.2, 0.25) is 0 Å². The lowest BCUT2D eigenvalue weighted by molar-refractivity contribution is 0.0734. The van der Waals surface area contributed by atoms with E-state index in [9.17, 15) is 0 Å². The molecule has 3 rings (SSSR count). The van der Waals surface area contributed by atoms with Crippen molar-refractivity contribution in [1.29, 1.82) is 0 Å². The molecule has 28 heavy (non-hydrogen) atoms. The fourth-order valence-electron chi connectivity index (χ4n) is 3.43. The molecular formula is C23H30N2O2S. The Morgan fingerprint density at radius 2 is 1.75 bits per heavy atom. The van der Waals surface area contributed by atoms with Crippen molar-refractivity contribution < 1.29 is 9.84 Å². The minimum atomic E-state index is 0.0898. The molecule has 0 radical (unpaired) electrons. The first-order valence-electron chi connectivity index (χ1n) is 10.2. The number of aliphatic imine (C=N–C) groups is 1. The third kappa shape index (κ3) is 5.92. The Labute approximate surface area is 172 Å². The number of hydrogen-bond donors (Lipinski definition) is 1. The number of hydrogen-bond acceptors (Lipinski definition) is 5. The van der Waals surface area contributed by atoms with Crippen molar-refractivity contribution in [2.24, 2.45) is 4.99 Å². The van der Waals surface area contributed by atoms with Crippen LogP contribution in [0.1, 0.15) is 31.7 Å². The van der Waals surface area contributed by atoms with Crippen LogP contribution < -0.4 is 0 Å². The summed E-state index contributed by atoms with van der Waals surface area (Å²) in [6, 6.07) is 17.0. The smallest absolute Gasteiger partial charge is 0.0772 e. The molecule has 0 amide bonds. The van der Waals surface area contributed by atoms with Gasteiger partial charge in [0.15, 0.2) is 0 Å². The van der Waals surface area contributed by atoms with E-state index < -0.39 is 0 Å². The average molecular weight is 399 g/mol. The summed E-state index contributed by atoms with van der Waals surface area (Å²) in [6.45, 7) is 6.42. The minimum absolute atomic E-state index is 0.0898. The number of rotatable bonds is 11. The van der Waals surface area contributed by atoms with Gasteiger partial charge in [0.25, 0.3) is 0 Å². The molecule has 2 aromatic carbocycles. The van der Waals surface area contributed by atoms with E-state index >= 15 is 0 Å². The van der Waals surface area contributed by atoms with Gasteiger partial charge in [-0.25, -0.2) is 0 Å². The molecule has 2 aromatic rings. The van der Waals surface area contributed by atoms with Gasteiger partial charge in [0, 0.05) is 27.6 Å². The Morgan fingerprint density at radius 1 is 0.964 bits per heavy atom. The Kier molecular flexibility index (Phi) is 8.55. The first-order chi connectivity index (χ1) is 13.8. The zero-order chi connectivity index (χ0) is 19.6. The van der Waals surface area contributed by atoms with Gasteiger partial charge >= 0.3 is 0 Å². The molecule has 1 aliphatic heterocycles. The van der Waals surface area contributed by atoms with Gasteiger partial charge in [0.1, 0.15) is 0 Å². The van der Waals surface area contributed by atoms with Crippen molar-refractivity contribution in [3.8, 4) is 0 Å². The molecule has 0 saturated heterocycles. The monoisotopic (exact) mass is 398 g/mol. The molecule has 150 valence electrons. The lowest BCUT2D eigenvalue weighted by Crippen LogP contribution is -2.30. The Balaban J connectivity index is 1.65. The van der Waals surface area contributed by atoms with E-state index in [0.29, 0.717) is 13.2 Å². The van der Waals surface area contributed by atoms with Crippen LogP contribution in [0.5, 0.6) is 0 Å². The molecule has 0 aliphatic carbocycles. The lowest BCUT2D eigenvalue weighted by atomic mass is 10.0. The summed E-state index contributed by atoms with van der Waals surface area (Å²) in [7, 11) is 0. The third-order valence-corrected chi connectivity index (χ3v) is 5.89. The number of ether oxygens (including phenoxy) is 1. The maximum atomic E-state index is 8.84. The average Bonchev–Trinajstić information content (AvgIpc) is 2.87. The van der Waals surface area contributed by atoms with Gasteiger partial charge in [-0.3, -0.25) is 4.99 Å². The summed E-state index contributed by atoms with van der Waals surface area (Å²) in [5.74, 6) is 0. The Morgan fingerprint density at radius 3 is 2.57 bits per heavy atom. The highest BCUT2D eigenvalue weighted by molar-refractivity contribution is 7.99. The number of benzene rings is 2. The maximum Gasteiger partial charge on any atom is 0.0772 e. The molecule has 0 aromatic heterocycles. The van der Waals surface area contributed by atoms with E-state index in [1.807, 2.05) is 11.8 Å². The minimum Gasteiger partial charge on any atom is -0.394 e. The number of nitrogens with zero attached hydrogens (tertiary/aromatic N) is 2. The number of fused-ring (bicyclic) bond motifs is 2. The van der Waals surface area contributed by atoms with Crippen LogP contribution in [0.3, 0.4) is 0 Å². The van der Waals surface area contributed by atoms with Gasteiger partial charge in [-0.15, -0.1) is 0 Å². The van der Waals surface area contributed by atoms with Crippen molar-refractivity contribution in [3.63, 3.8) is 0 Å². The van der Waals surface area contributed by atoms with Gasteiger partial charge in [-0.1, -0.05) is 49.0 Å². The predicted molar refractivity (Wildman–Crippen MR) is 117 cm³/mol. The van der Waals surface area contributed by atoms with Crippen molar-refractivity contribution in [2.75, 3.05) is 39.5 Å². The first-order valence-corrected chi connectivity index (χ1v) is 11.0. The van der Waals surface area contributed by atoms with Crippen LogP contribution in [-0.2, 0) is 4.74 Å². The molecule has 0 saturated carbocycles. The highest BCUT2D eigenvalue weighted by atomic mass is 32.2. The van der Waals surface area contributed by atoms with Crippen molar-refractivity contribution in [1.82, 2.24) is 4.90 Å². The second-order valence-corrected chi connectivity index (χ2v) is 7.99. The zero-order valence-corrected chi connectivity index (χ0v) is 17.5. The number of aliphatic hydroxyl groups is 1. The Bertz CT molecular complexity index is 779. The molecule has 0 fully saturated rings. The normalized spacial score (nSPS) is 13.0. The van der Waals surface area contributed by atoms with E-state index in [-0.39, 0.29) is 6.61 Å². The van der Waals surface area contributed by atoms with Gasteiger partial charge in [0.05, 0.1) is 25.5 Å². The van der Waals surface area contributed by atoms with E-state index in [2.05, 4.69) is 60.4 Å². The van der Waals surface area contributed by atoms with Gasteiger partial charge in [-0.05, 0) is 50.6 Å². The fourth-order valence-corrected chi connectivity index (χ4v) is 4.47. The van der Waals surface area contributed by atoms with Crippen LogP contribution in [0.15, 0.2) is 63.3 Å². The molecule has 5 heteroatoms. The second-order valence-electron chi connectivity index (χ2n) is 6.91. The van der Waals surface area contributed by atoms with Crippen LogP contribution in [0.25, 0.3) is 0 Å². The van der Waals surface area contributed by atoms with Crippen molar-refractivity contribution in [3.05, 3.63) is 54.1 Å². The predicted octanol–water partition coefficient (Wildman–Crippen LogP) is 4.77. The summed E-state index contributed by atoms with van der Waals surface area (Å²) < 4.78 is 5.44. The van der Waals surface area contributed by atoms with Gasteiger partial charge < -0.3 is 14.7 Å². The first kappa shape index (κ1) is 21.1. The quantitative estimate of drug-likeness (QED) is 0.554. The van der Waals surface area contributed by atoms with Crippen LogP contribution in [0, 0.1) is 0 Å². The topological polar surface area (TPSA) is 45.1 Å². The summed E-state index contributed by atoms with van der Waals surface area (Å²) >= 11 is 1.81. The lowest BCUT2D eigenvalue weighted by Gasteiger charge is -2.21. The van der Waals surface area contributed by atoms with Crippen LogP contribution >= 0.6 is 11.8 Å². The molecule has 4 nitrogen and oxygen atoms in total. The SMILES string of the molecule is CCCN(CCCC1=Nc2ccccc2Sc2ccccc21)CCOCCO. The summed E-state index contributed by atoms with van der Waals surface area (Å²) in [6.07, 6.45) is 3.16. The molecule has 0 bridgehead atoms. The summed E-state index contributed by atoms with van der Waals surface area (Å²) in [5.41, 5.74) is 3.51. The van der Waals surface area contributed by atoms with E-state index in [0.717, 1.165) is 44.6 Å². The molecule has 0 unspecified atom stereocenters. The largest absolute Gasteiger partial charge is 0.394 e.